The van der Waals surface area contributed by atoms with E-state index in [2.05, 4.69) is 12.2 Å². The van der Waals surface area contributed by atoms with Crippen LogP contribution in [0.1, 0.15) is 47.4 Å². The number of nitrogens with zero attached hydrogens (tertiary/aromatic N) is 1. The smallest absolute Gasteiger partial charge is 0.255 e. The molecule has 0 aromatic heterocycles. The Balaban J connectivity index is 1.56. The van der Waals surface area contributed by atoms with Gasteiger partial charge >= 0.3 is 0 Å². The predicted octanol–water partition coefficient (Wildman–Crippen LogP) is 4.23. The fourth-order valence-electron chi connectivity index (χ4n) is 3.38. The van der Waals surface area contributed by atoms with Gasteiger partial charge in [0.25, 0.3) is 11.8 Å². The van der Waals surface area contributed by atoms with E-state index in [0.29, 0.717) is 48.3 Å². The number of ether oxygens (including phenoxy) is 2. The van der Waals surface area contributed by atoms with Crippen molar-refractivity contribution >= 4 is 17.5 Å². The molecule has 1 N–H and O–H groups in total. The van der Waals surface area contributed by atoms with Crippen LogP contribution >= 0.6 is 0 Å². The Morgan fingerprint density at radius 2 is 1.77 bits per heavy atom. The number of likely N-dealkylation sites (tertiary alicyclic amines) is 1. The predicted molar refractivity (Wildman–Crippen MR) is 117 cm³/mol. The second-order valence-electron chi connectivity index (χ2n) is 7.58. The first-order valence-corrected chi connectivity index (χ1v) is 10.6. The molecule has 0 bridgehead atoms. The van der Waals surface area contributed by atoms with E-state index in [4.69, 9.17) is 9.47 Å². The van der Waals surface area contributed by atoms with Crippen LogP contribution in [0.15, 0.2) is 48.5 Å². The third kappa shape index (κ3) is 6.07. The van der Waals surface area contributed by atoms with Gasteiger partial charge in [-0.05, 0) is 68.1 Å². The lowest BCUT2D eigenvalue weighted by Crippen LogP contribution is -2.37. The molecule has 0 aliphatic carbocycles. The molecule has 0 unspecified atom stereocenters. The molecule has 2 aromatic carbocycles. The highest BCUT2D eigenvalue weighted by Gasteiger charge is 2.21. The molecule has 0 saturated carbocycles. The molecule has 1 saturated heterocycles. The van der Waals surface area contributed by atoms with Gasteiger partial charge in [-0.2, -0.15) is 0 Å². The fraction of sp³-hybridized carbons (Fsp3) is 0.417. The maximum absolute atomic E-state index is 12.6. The zero-order valence-electron chi connectivity index (χ0n) is 17.7. The minimum absolute atomic E-state index is 0.0525. The number of nitrogens with one attached hydrogen (secondary N) is 1. The van der Waals surface area contributed by atoms with Crippen molar-refractivity contribution in [1.82, 2.24) is 4.90 Å². The van der Waals surface area contributed by atoms with Crippen LogP contribution in [-0.4, -0.2) is 49.6 Å². The Morgan fingerprint density at radius 1 is 1.03 bits per heavy atom. The number of amides is 2. The molecule has 30 heavy (non-hydrogen) atoms. The molecule has 6 heteroatoms. The van der Waals surface area contributed by atoms with Crippen molar-refractivity contribution in [2.75, 3.05) is 38.2 Å². The molecule has 3 rings (SSSR count). The highest BCUT2D eigenvalue weighted by Crippen LogP contribution is 2.20. The zero-order chi connectivity index (χ0) is 21.3. The zero-order valence-corrected chi connectivity index (χ0v) is 17.7. The summed E-state index contributed by atoms with van der Waals surface area (Å²) in [5.41, 5.74) is 1.80. The molecule has 160 valence electrons. The van der Waals surface area contributed by atoms with Crippen LogP contribution in [-0.2, 0) is 4.74 Å². The van der Waals surface area contributed by atoms with E-state index in [1.807, 2.05) is 17.9 Å². The molecule has 0 spiro atoms. The number of benzene rings is 2. The summed E-state index contributed by atoms with van der Waals surface area (Å²) in [5, 5.41) is 2.87. The first-order valence-electron chi connectivity index (χ1n) is 10.6. The summed E-state index contributed by atoms with van der Waals surface area (Å²) in [6, 6.07) is 14.1. The molecule has 6 nitrogen and oxygen atoms in total. The van der Waals surface area contributed by atoms with Gasteiger partial charge in [0.15, 0.2) is 0 Å². The van der Waals surface area contributed by atoms with E-state index < -0.39 is 0 Å². The molecule has 1 heterocycles. The fourth-order valence-corrected chi connectivity index (χ4v) is 3.38. The quantitative estimate of drug-likeness (QED) is 0.662. The third-order valence-corrected chi connectivity index (χ3v) is 5.26. The maximum atomic E-state index is 12.6. The number of rotatable bonds is 8. The van der Waals surface area contributed by atoms with Gasteiger partial charge in [-0.3, -0.25) is 9.59 Å². The van der Waals surface area contributed by atoms with E-state index in [-0.39, 0.29) is 11.8 Å². The Bertz CT molecular complexity index is 843. The monoisotopic (exact) mass is 410 g/mol. The highest BCUT2D eigenvalue weighted by atomic mass is 16.5. The lowest BCUT2D eigenvalue weighted by Gasteiger charge is -2.30. The van der Waals surface area contributed by atoms with Gasteiger partial charge < -0.3 is 19.7 Å². The first-order chi connectivity index (χ1) is 14.6. The van der Waals surface area contributed by atoms with Gasteiger partial charge in [-0.25, -0.2) is 0 Å². The van der Waals surface area contributed by atoms with E-state index in [9.17, 15) is 9.59 Å². The molecule has 2 amide bonds. The third-order valence-electron chi connectivity index (χ3n) is 5.26. The summed E-state index contributed by atoms with van der Waals surface area (Å²) in [4.78, 5) is 27.1. The van der Waals surface area contributed by atoms with Gasteiger partial charge in [0, 0.05) is 36.5 Å². The largest absolute Gasteiger partial charge is 0.491 e. The van der Waals surface area contributed by atoms with Gasteiger partial charge in [0.2, 0.25) is 0 Å². The molecule has 1 aliphatic heterocycles. The molecule has 0 radical (unpaired) electrons. The molecular weight excluding hydrogens is 380 g/mol. The Labute approximate surface area is 178 Å². The van der Waals surface area contributed by atoms with Crippen LogP contribution in [0.5, 0.6) is 5.75 Å². The topological polar surface area (TPSA) is 67.9 Å². The van der Waals surface area contributed by atoms with Crippen molar-refractivity contribution in [3.8, 4) is 5.75 Å². The number of anilines is 1. The molecule has 1 fully saturated rings. The number of hydrogen-bond acceptors (Lipinski definition) is 4. The summed E-state index contributed by atoms with van der Waals surface area (Å²) >= 11 is 0. The molecular formula is C24H30N2O4. The molecule has 0 atom stereocenters. The summed E-state index contributed by atoms with van der Waals surface area (Å²) in [7, 11) is 0. The lowest BCUT2D eigenvalue weighted by molar-refractivity contribution is 0.0697. The van der Waals surface area contributed by atoms with E-state index in [1.165, 1.54) is 0 Å². The van der Waals surface area contributed by atoms with Crippen LogP contribution in [0, 0.1) is 5.92 Å². The SMILES string of the molecule is CCOCCOc1cccc(C(=O)Nc2ccc(C(=O)N3CCC(C)CC3)cc2)c1. The maximum Gasteiger partial charge on any atom is 0.255 e. The minimum Gasteiger partial charge on any atom is -0.491 e. The van der Waals surface area contributed by atoms with Crippen LogP contribution in [0.2, 0.25) is 0 Å². The lowest BCUT2D eigenvalue weighted by atomic mass is 9.98. The van der Waals surface area contributed by atoms with Crippen molar-refractivity contribution in [2.24, 2.45) is 5.92 Å². The molecule has 2 aromatic rings. The average Bonchev–Trinajstić information content (AvgIpc) is 2.77. The normalized spacial score (nSPS) is 14.4. The number of carbonyl (C=O) groups is 2. The van der Waals surface area contributed by atoms with Crippen molar-refractivity contribution < 1.29 is 19.1 Å². The molecule has 1 aliphatic rings. The van der Waals surface area contributed by atoms with Gasteiger partial charge in [0.1, 0.15) is 12.4 Å². The van der Waals surface area contributed by atoms with Crippen molar-refractivity contribution in [3.63, 3.8) is 0 Å². The Morgan fingerprint density at radius 3 is 2.47 bits per heavy atom. The number of hydrogen-bond donors (Lipinski definition) is 1. The Hall–Kier alpha value is -2.86. The summed E-state index contributed by atoms with van der Waals surface area (Å²) in [6.07, 6.45) is 2.10. The first kappa shape index (κ1) is 21.8. The van der Waals surface area contributed by atoms with Crippen LogP contribution < -0.4 is 10.1 Å². The van der Waals surface area contributed by atoms with Crippen molar-refractivity contribution in [3.05, 3.63) is 59.7 Å². The van der Waals surface area contributed by atoms with Gasteiger partial charge in [-0.1, -0.05) is 13.0 Å². The minimum atomic E-state index is -0.227. The standard InChI is InChI=1S/C24H30N2O4/c1-3-29-15-16-30-22-6-4-5-20(17-22)23(27)25-21-9-7-19(8-10-21)24(28)26-13-11-18(2)12-14-26/h4-10,17-18H,3,11-16H2,1-2H3,(H,25,27). The van der Waals surface area contributed by atoms with Crippen molar-refractivity contribution in [1.29, 1.82) is 0 Å². The van der Waals surface area contributed by atoms with E-state index in [0.717, 1.165) is 25.9 Å². The van der Waals surface area contributed by atoms with Gasteiger partial charge in [-0.15, -0.1) is 0 Å². The van der Waals surface area contributed by atoms with Crippen LogP contribution in [0.4, 0.5) is 5.69 Å². The van der Waals surface area contributed by atoms with E-state index >= 15 is 0 Å². The summed E-state index contributed by atoms with van der Waals surface area (Å²) in [5.74, 6) is 1.13. The summed E-state index contributed by atoms with van der Waals surface area (Å²) < 4.78 is 10.9. The average molecular weight is 411 g/mol. The Kier molecular flexibility index (Phi) is 7.85. The second kappa shape index (κ2) is 10.8. The van der Waals surface area contributed by atoms with Crippen LogP contribution in [0.25, 0.3) is 0 Å². The van der Waals surface area contributed by atoms with Crippen LogP contribution in [0.3, 0.4) is 0 Å². The highest BCUT2D eigenvalue weighted by molar-refractivity contribution is 6.04. The summed E-state index contributed by atoms with van der Waals surface area (Å²) in [6.45, 7) is 7.36. The van der Waals surface area contributed by atoms with Crippen molar-refractivity contribution in [2.45, 2.75) is 26.7 Å². The van der Waals surface area contributed by atoms with E-state index in [1.54, 1.807) is 42.5 Å². The van der Waals surface area contributed by atoms with Gasteiger partial charge in [0.05, 0.1) is 6.61 Å². The number of carbonyl (C=O) groups excluding carboxylic acids is 2. The second-order valence-corrected chi connectivity index (χ2v) is 7.58. The number of piperidine rings is 1.